The lowest BCUT2D eigenvalue weighted by molar-refractivity contribution is -0.131. The van der Waals surface area contributed by atoms with Crippen LogP contribution in [0, 0.1) is 12.8 Å². The summed E-state index contributed by atoms with van der Waals surface area (Å²) in [5.74, 6) is 2.20. The van der Waals surface area contributed by atoms with Gasteiger partial charge in [0.05, 0.1) is 45.7 Å². The minimum Gasteiger partial charge on any atom is -0.507 e. The Kier molecular flexibility index (Phi) is 16.4. The quantitative estimate of drug-likeness (QED) is 0.103. The highest BCUT2D eigenvalue weighted by atomic mass is 32.1. The van der Waals surface area contributed by atoms with Gasteiger partial charge in [-0.25, -0.2) is 4.98 Å². The molecule has 7 heterocycles. The number of hydrogen-bond donors (Lipinski definition) is 4. The third kappa shape index (κ3) is 12.4. The molecule has 3 unspecified atom stereocenters. The number of likely N-dealkylation sites (tertiary alicyclic amines) is 2. The number of aromatic nitrogens is 4. The van der Waals surface area contributed by atoms with E-state index < -0.39 is 0 Å². The average molecular weight is 909 g/mol. The molecule has 5 aromatic rings. The molecule has 16 nitrogen and oxygen atoms in total. The predicted octanol–water partition coefficient (Wildman–Crippen LogP) is 6.24. The van der Waals surface area contributed by atoms with Crippen LogP contribution >= 0.6 is 11.3 Å². The van der Waals surface area contributed by atoms with E-state index >= 15 is 0 Å². The molecule has 3 fully saturated rings. The van der Waals surface area contributed by atoms with E-state index in [4.69, 9.17) is 9.26 Å². The van der Waals surface area contributed by atoms with Crippen molar-refractivity contribution in [3.63, 3.8) is 0 Å². The van der Waals surface area contributed by atoms with Crippen molar-refractivity contribution in [1.29, 1.82) is 0 Å². The number of aromatic hydroxyl groups is 1. The van der Waals surface area contributed by atoms with E-state index in [2.05, 4.69) is 70.8 Å². The molecule has 0 radical (unpaired) electrons. The first-order chi connectivity index (χ1) is 31.5. The standard InChI is InChI=1S/C26H33N7O3.C13H14N2OS.C9H17NO2/c1-18-23-17-32(19-6-9-31(10-7-19)13-15-35-25-8-14-36-30-25)11-12-33(23)22-16-21(28-29-26(22)27-18)20-4-2-3-5-24(20)34;1-9(14-7-16)11-3-5-12(6-4-11)13-10(2)15-8-17-13;1-7(2)5-9(12)10-4-3-8(11)6-10/h2-5,8,14,16,18-19,23,34H,6-7,9-13,15,17H2,1H3,(H,27,29);3-9H,1-2H3,(H,14,16);7-8,11H,3-6H2,1-2H3/t;9-;/m.0./s1. The van der Waals surface area contributed by atoms with Crippen molar-refractivity contribution in [3.8, 4) is 33.3 Å². The molecular formula is C48H64N10O6S. The van der Waals surface area contributed by atoms with Gasteiger partial charge in [-0.15, -0.1) is 21.5 Å². The second kappa shape index (κ2) is 22.5. The lowest BCUT2D eigenvalue weighted by Crippen LogP contribution is -2.63. The number of para-hydroxylation sites is 1. The summed E-state index contributed by atoms with van der Waals surface area (Å²) < 4.78 is 10.5. The van der Waals surface area contributed by atoms with Crippen LogP contribution in [0.25, 0.3) is 21.7 Å². The second-order valence-electron chi connectivity index (χ2n) is 17.7. The van der Waals surface area contributed by atoms with Gasteiger partial charge in [-0.2, -0.15) is 0 Å². The Bertz CT molecular complexity index is 2270. The average Bonchev–Trinajstić information content (AvgIpc) is 4.10. The number of hydrogen-bond acceptors (Lipinski definition) is 15. The van der Waals surface area contributed by atoms with Crippen LogP contribution in [0.2, 0.25) is 0 Å². The number of β-amino-alcohol motifs (C(OH)–C–C–N with tert-alkyl or cyclic N) is 1. The molecule has 2 aromatic carbocycles. The van der Waals surface area contributed by atoms with Crippen LogP contribution in [-0.4, -0.2) is 141 Å². The largest absolute Gasteiger partial charge is 0.507 e. The highest BCUT2D eigenvalue weighted by Gasteiger charge is 2.39. The molecule has 9 rings (SSSR count). The summed E-state index contributed by atoms with van der Waals surface area (Å²) in [6, 6.07) is 20.6. The molecule has 348 valence electrons. The third-order valence-corrected chi connectivity index (χ3v) is 13.6. The molecule has 17 heteroatoms. The predicted molar refractivity (Wildman–Crippen MR) is 253 cm³/mol. The number of carbonyl (C=O) groups excluding carboxylic acids is 2. The number of rotatable bonds is 12. The molecule has 4 aliphatic heterocycles. The molecule has 0 aliphatic carbocycles. The topological polar surface area (TPSA) is 186 Å². The van der Waals surface area contributed by atoms with E-state index in [1.807, 2.05) is 63.5 Å². The number of piperazine rings is 1. The fourth-order valence-corrected chi connectivity index (χ4v) is 9.75. The maximum absolute atomic E-state index is 11.4. The van der Waals surface area contributed by atoms with Gasteiger partial charge in [-0.05, 0) is 93.5 Å². The summed E-state index contributed by atoms with van der Waals surface area (Å²) in [6.07, 6.45) is 5.67. The Morgan fingerprint density at radius 1 is 1.02 bits per heavy atom. The number of benzene rings is 2. The zero-order valence-electron chi connectivity index (χ0n) is 38.2. The van der Waals surface area contributed by atoms with Crippen LogP contribution < -0.4 is 20.3 Å². The van der Waals surface area contributed by atoms with E-state index in [-0.39, 0.29) is 29.8 Å². The summed E-state index contributed by atoms with van der Waals surface area (Å²) in [6.45, 7) is 18.3. The minimum absolute atomic E-state index is 0.0455. The van der Waals surface area contributed by atoms with Gasteiger partial charge in [0.2, 0.25) is 12.3 Å². The Balaban J connectivity index is 0.000000179. The molecular weight excluding hydrogens is 845 g/mol. The molecule has 4 atom stereocenters. The van der Waals surface area contributed by atoms with Crippen molar-refractivity contribution in [2.75, 3.05) is 69.2 Å². The number of carbonyl (C=O) groups is 2. The van der Waals surface area contributed by atoms with E-state index in [0.29, 0.717) is 54.7 Å². The first kappa shape index (κ1) is 47.3. The monoisotopic (exact) mass is 908 g/mol. The second-order valence-corrected chi connectivity index (χ2v) is 18.6. The zero-order chi connectivity index (χ0) is 45.9. The smallest absolute Gasteiger partial charge is 0.254 e. The van der Waals surface area contributed by atoms with Crippen molar-refractivity contribution in [2.24, 2.45) is 5.92 Å². The van der Waals surface area contributed by atoms with Crippen LogP contribution in [0.5, 0.6) is 11.6 Å². The van der Waals surface area contributed by atoms with Crippen LogP contribution in [-0.2, 0) is 9.59 Å². The first-order valence-corrected chi connectivity index (χ1v) is 23.7. The molecule has 0 saturated carbocycles. The van der Waals surface area contributed by atoms with Crippen LogP contribution in [0.3, 0.4) is 0 Å². The highest BCUT2D eigenvalue weighted by molar-refractivity contribution is 7.13. The number of phenols is 1. The van der Waals surface area contributed by atoms with E-state index in [1.54, 1.807) is 28.4 Å². The molecule has 2 amide bonds. The third-order valence-electron chi connectivity index (χ3n) is 12.6. The fraction of sp³-hybridized carbons (Fsp3) is 0.500. The van der Waals surface area contributed by atoms with Crippen molar-refractivity contribution < 1.29 is 29.1 Å². The van der Waals surface area contributed by atoms with Crippen molar-refractivity contribution >= 4 is 35.2 Å². The maximum Gasteiger partial charge on any atom is 0.254 e. The van der Waals surface area contributed by atoms with Gasteiger partial charge in [-0.1, -0.05) is 50.2 Å². The molecule has 0 spiro atoms. The molecule has 3 aromatic heterocycles. The number of anilines is 2. The number of aliphatic hydroxyl groups is 1. The number of fused-ring (bicyclic) bond motifs is 3. The lowest BCUT2D eigenvalue weighted by atomic mass is 9.96. The highest BCUT2D eigenvalue weighted by Crippen LogP contribution is 2.38. The number of amides is 2. The maximum atomic E-state index is 11.4. The lowest BCUT2D eigenvalue weighted by Gasteiger charge is -2.51. The number of ether oxygens (including phenoxy) is 1. The SMILES string of the molecule is CC(C)CC(=O)N1CCC(O)C1.CC1Nc2nnc(-c3ccccc3O)cc2N2CCN(C3CCN(CCOc4ccon4)CC3)CC12.Cc1ncsc1-c1ccc([C@H](C)NC=O)cc1. The Labute approximate surface area is 386 Å². The van der Waals surface area contributed by atoms with Gasteiger partial charge in [0.25, 0.3) is 5.88 Å². The number of phenolic OH excluding ortho intramolecular Hbond substituents is 1. The zero-order valence-corrected chi connectivity index (χ0v) is 39.0. The van der Waals surface area contributed by atoms with E-state index in [1.165, 1.54) is 29.5 Å². The van der Waals surface area contributed by atoms with Crippen molar-refractivity contribution in [2.45, 2.75) is 90.6 Å². The summed E-state index contributed by atoms with van der Waals surface area (Å²) >= 11 is 1.64. The Morgan fingerprint density at radius 3 is 2.46 bits per heavy atom. The summed E-state index contributed by atoms with van der Waals surface area (Å²) in [5, 5.41) is 38.5. The number of aliphatic hydroxyl groups excluding tert-OH is 1. The number of aryl methyl sites for hydroxylation is 1. The summed E-state index contributed by atoms with van der Waals surface area (Å²) in [4.78, 5) is 36.6. The number of nitrogens with zero attached hydrogens (tertiary/aromatic N) is 8. The molecule has 3 saturated heterocycles. The van der Waals surface area contributed by atoms with Crippen molar-refractivity contribution in [3.05, 3.63) is 83.7 Å². The Morgan fingerprint density at radius 2 is 1.80 bits per heavy atom. The molecule has 0 bridgehead atoms. The number of piperidine rings is 1. The van der Waals surface area contributed by atoms with Gasteiger partial charge in [-0.3, -0.25) is 19.4 Å². The van der Waals surface area contributed by atoms with Gasteiger partial charge < -0.3 is 39.9 Å². The minimum atomic E-state index is -0.291. The number of nitrogens with one attached hydrogen (secondary N) is 2. The summed E-state index contributed by atoms with van der Waals surface area (Å²) in [5.41, 5.74) is 7.67. The normalized spacial score (nSPS) is 20.3. The molecule has 4 N–H and O–H groups in total. The Hall–Kier alpha value is -5.62. The van der Waals surface area contributed by atoms with Crippen LogP contribution in [0.15, 0.2) is 77.0 Å². The van der Waals surface area contributed by atoms with E-state index in [9.17, 15) is 19.8 Å². The van der Waals surface area contributed by atoms with Gasteiger partial charge in [0, 0.05) is 69.4 Å². The van der Waals surface area contributed by atoms with Crippen LogP contribution in [0.1, 0.15) is 70.7 Å². The van der Waals surface area contributed by atoms with Gasteiger partial charge in [0.15, 0.2) is 5.82 Å². The molecule has 4 aliphatic rings. The van der Waals surface area contributed by atoms with E-state index in [0.717, 1.165) is 81.4 Å². The van der Waals surface area contributed by atoms with Gasteiger partial charge in [0.1, 0.15) is 18.6 Å². The van der Waals surface area contributed by atoms with Crippen LogP contribution in [0.4, 0.5) is 11.5 Å². The fourth-order valence-electron chi connectivity index (χ4n) is 8.94. The van der Waals surface area contributed by atoms with Crippen molar-refractivity contribution in [1.82, 2.24) is 40.4 Å². The number of thiazole rings is 1. The van der Waals surface area contributed by atoms with Gasteiger partial charge >= 0.3 is 0 Å². The summed E-state index contributed by atoms with van der Waals surface area (Å²) in [7, 11) is 0. The first-order valence-electron chi connectivity index (χ1n) is 22.8. The molecule has 65 heavy (non-hydrogen) atoms.